The zero-order valence-electron chi connectivity index (χ0n) is 14.6. The number of nitrogens with one attached hydrogen (secondary N) is 1. The van der Waals surface area contributed by atoms with Crippen LogP contribution in [0.15, 0.2) is 48.2 Å². The third-order valence-corrected chi connectivity index (χ3v) is 4.55. The molecule has 2 aromatic rings. The lowest BCUT2D eigenvalue weighted by Crippen LogP contribution is -2.25. The normalized spacial score (nSPS) is 13.4. The maximum absolute atomic E-state index is 14.1. The van der Waals surface area contributed by atoms with Gasteiger partial charge in [-0.2, -0.15) is 0 Å². The van der Waals surface area contributed by atoms with Crippen LogP contribution in [0.2, 0.25) is 0 Å². The van der Waals surface area contributed by atoms with Crippen LogP contribution in [-0.2, 0) is 17.6 Å². The van der Waals surface area contributed by atoms with Crippen molar-refractivity contribution in [2.75, 3.05) is 7.11 Å². The Labute approximate surface area is 147 Å². The van der Waals surface area contributed by atoms with Crippen molar-refractivity contribution in [3.05, 3.63) is 70.7 Å². The molecular formula is C21H22FNO2. The average molecular weight is 339 g/mol. The third kappa shape index (κ3) is 3.73. The number of methoxy groups -OCH3 is 1. The standard InChI is InChI=1S/C21H22FNO2/c1-3-21(24)23-19-10-9-15-12-18(22)20(25-2)13-16(15)17(19)11-14-7-5-4-6-8-14/h4-8,12-13H,3,9-11H2,1-2H3,(H,23,24). The molecule has 0 bridgehead atoms. The number of fused-ring (bicyclic) bond motifs is 1. The van der Waals surface area contributed by atoms with Gasteiger partial charge >= 0.3 is 0 Å². The molecule has 0 aliphatic heterocycles. The first kappa shape index (κ1) is 17.2. The number of carbonyl (C=O) groups is 1. The van der Waals surface area contributed by atoms with E-state index in [-0.39, 0.29) is 17.5 Å². The lowest BCUT2D eigenvalue weighted by atomic mass is 9.85. The molecule has 1 aliphatic rings. The quantitative estimate of drug-likeness (QED) is 0.884. The van der Waals surface area contributed by atoms with Crippen LogP contribution in [0.1, 0.15) is 36.5 Å². The van der Waals surface area contributed by atoms with Crippen molar-refractivity contribution >= 4 is 11.5 Å². The number of amides is 1. The molecule has 3 nitrogen and oxygen atoms in total. The number of carbonyl (C=O) groups excluding carboxylic acids is 1. The molecule has 1 amide bonds. The fourth-order valence-corrected chi connectivity index (χ4v) is 3.21. The molecule has 0 saturated carbocycles. The summed E-state index contributed by atoms with van der Waals surface area (Å²) in [5, 5.41) is 3.04. The number of halogens is 1. The summed E-state index contributed by atoms with van der Waals surface area (Å²) in [7, 11) is 1.47. The first-order chi connectivity index (χ1) is 12.1. The van der Waals surface area contributed by atoms with Gasteiger partial charge < -0.3 is 10.1 Å². The highest BCUT2D eigenvalue weighted by atomic mass is 19.1. The van der Waals surface area contributed by atoms with Gasteiger partial charge in [0.1, 0.15) is 0 Å². The van der Waals surface area contributed by atoms with E-state index in [4.69, 9.17) is 4.74 Å². The molecule has 0 heterocycles. The second kappa shape index (κ2) is 7.51. The molecule has 0 saturated heterocycles. The number of hydrogen-bond donors (Lipinski definition) is 1. The Morgan fingerprint density at radius 2 is 1.96 bits per heavy atom. The van der Waals surface area contributed by atoms with E-state index in [1.54, 1.807) is 12.1 Å². The highest BCUT2D eigenvalue weighted by Crippen LogP contribution is 2.36. The number of hydrogen-bond acceptors (Lipinski definition) is 2. The van der Waals surface area contributed by atoms with E-state index in [1.807, 2.05) is 25.1 Å². The minimum Gasteiger partial charge on any atom is -0.494 e. The number of aryl methyl sites for hydroxylation is 1. The maximum atomic E-state index is 14.1. The van der Waals surface area contributed by atoms with Crippen molar-refractivity contribution in [3.63, 3.8) is 0 Å². The molecular weight excluding hydrogens is 317 g/mol. The Kier molecular flexibility index (Phi) is 5.17. The van der Waals surface area contributed by atoms with E-state index >= 15 is 0 Å². The molecule has 0 spiro atoms. The molecule has 1 N–H and O–H groups in total. The minimum absolute atomic E-state index is 0.00177. The van der Waals surface area contributed by atoms with Crippen molar-refractivity contribution < 1.29 is 13.9 Å². The third-order valence-electron chi connectivity index (χ3n) is 4.55. The first-order valence-corrected chi connectivity index (χ1v) is 8.55. The van der Waals surface area contributed by atoms with Crippen LogP contribution < -0.4 is 10.1 Å². The number of rotatable bonds is 5. The van der Waals surface area contributed by atoms with Crippen LogP contribution in [0, 0.1) is 5.82 Å². The Morgan fingerprint density at radius 3 is 2.64 bits per heavy atom. The largest absolute Gasteiger partial charge is 0.494 e. The molecule has 0 fully saturated rings. The minimum atomic E-state index is -0.346. The summed E-state index contributed by atoms with van der Waals surface area (Å²) in [6, 6.07) is 13.4. The van der Waals surface area contributed by atoms with Gasteiger partial charge in [0.25, 0.3) is 0 Å². The van der Waals surface area contributed by atoms with E-state index in [0.717, 1.165) is 28.0 Å². The van der Waals surface area contributed by atoms with Gasteiger partial charge in [-0.15, -0.1) is 0 Å². The second-order valence-corrected chi connectivity index (χ2v) is 6.17. The van der Waals surface area contributed by atoms with E-state index in [9.17, 15) is 9.18 Å². The van der Waals surface area contributed by atoms with Gasteiger partial charge in [-0.25, -0.2) is 4.39 Å². The maximum Gasteiger partial charge on any atom is 0.223 e. The summed E-state index contributed by atoms with van der Waals surface area (Å²) in [6.07, 6.45) is 2.52. The summed E-state index contributed by atoms with van der Waals surface area (Å²) in [4.78, 5) is 11.9. The molecule has 3 rings (SSSR count). The van der Waals surface area contributed by atoms with Crippen LogP contribution in [0.5, 0.6) is 5.75 Å². The van der Waals surface area contributed by atoms with E-state index in [1.165, 1.54) is 7.11 Å². The van der Waals surface area contributed by atoms with Crippen LogP contribution >= 0.6 is 0 Å². The van der Waals surface area contributed by atoms with Crippen molar-refractivity contribution in [3.8, 4) is 5.75 Å². The summed E-state index contributed by atoms with van der Waals surface area (Å²) in [5.41, 5.74) is 5.03. The molecule has 0 unspecified atom stereocenters. The predicted octanol–water partition coefficient (Wildman–Crippen LogP) is 4.26. The molecule has 2 aromatic carbocycles. The predicted molar refractivity (Wildman–Crippen MR) is 96.8 cm³/mol. The molecule has 0 radical (unpaired) electrons. The smallest absolute Gasteiger partial charge is 0.223 e. The molecule has 4 heteroatoms. The van der Waals surface area contributed by atoms with Gasteiger partial charge in [-0.05, 0) is 53.7 Å². The lowest BCUT2D eigenvalue weighted by molar-refractivity contribution is -0.120. The van der Waals surface area contributed by atoms with E-state index in [2.05, 4.69) is 17.4 Å². The Bertz CT molecular complexity index is 812. The number of benzene rings is 2. The average Bonchev–Trinajstić information content (AvgIpc) is 2.64. The molecule has 0 aromatic heterocycles. The Hall–Kier alpha value is -2.62. The fourth-order valence-electron chi connectivity index (χ4n) is 3.21. The molecule has 0 atom stereocenters. The lowest BCUT2D eigenvalue weighted by Gasteiger charge is -2.25. The topological polar surface area (TPSA) is 38.3 Å². The molecule has 130 valence electrons. The van der Waals surface area contributed by atoms with Crippen molar-refractivity contribution in [1.82, 2.24) is 5.32 Å². The van der Waals surface area contributed by atoms with Gasteiger partial charge in [0.15, 0.2) is 11.6 Å². The summed E-state index contributed by atoms with van der Waals surface area (Å²) >= 11 is 0. The van der Waals surface area contributed by atoms with E-state index in [0.29, 0.717) is 25.7 Å². The van der Waals surface area contributed by atoms with Crippen LogP contribution in [0.25, 0.3) is 5.57 Å². The van der Waals surface area contributed by atoms with Gasteiger partial charge in [0.05, 0.1) is 7.11 Å². The summed E-state index contributed by atoms with van der Waals surface area (Å²) in [5.74, 6) is -0.119. The van der Waals surface area contributed by atoms with Gasteiger partial charge in [-0.1, -0.05) is 37.3 Å². The van der Waals surface area contributed by atoms with Crippen molar-refractivity contribution in [1.29, 1.82) is 0 Å². The summed E-state index contributed by atoms with van der Waals surface area (Å²) < 4.78 is 19.2. The van der Waals surface area contributed by atoms with Crippen molar-refractivity contribution in [2.24, 2.45) is 0 Å². The number of allylic oxidation sites excluding steroid dienone is 2. The van der Waals surface area contributed by atoms with Gasteiger partial charge in [0, 0.05) is 12.1 Å². The SMILES string of the molecule is CCC(=O)NC1=C(Cc2ccccc2)c2cc(OC)c(F)cc2CC1. The zero-order valence-corrected chi connectivity index (χ0v) is 14.6. The molecule has 1 aliphatic carbocycles. The van der Waals surface area contributed by atoms with Gasteiger partial charge in [-0.3, -0.25) is 4.79 Å². The second-order valence-electron chi connectivity index (χ2n) is 6.17. The fraction of sp³-hybridized carbons (Fsp3) is 0.286. The Balaban J connectivity index is 2.08. The van der Waals surface area contributed by atoms with Crippen LogP contribution in [-0.4, -0.2) is 13.0 Å². The molecule has 25 heavy (non-hydrogen) atoms. The van der Waals surface area contributed by atoms with E-state index < -0.39 is 0 Å². The van der Waals surface area contributed by atoms with Gasteiger partial charge in [0.2, 0.25) is 5.91 Å². The summed E-state index contributed by atoms with van der Waals surface area (Å²) in [6.45, 7) is 1.84. The van der Waals surface area contributed by atoms with Crippen LogP contribution in [0.4, 0.5) is 4.39 Å². The van der Waals surface area contributed by atoms with Crippen molar-refractivity contribution in [2.45, 2.75) is 32.6 Å². The Morgan fingerprint density at radius 1 is 1.20 bits per heavy atom. The monoisotopic (exact) mass is 339 g/mol. The first-order valence-electron chi connectivity index (χ1n) is 8.55. The highest BCUT2D eigenvalue weighted by Gasteiger charge is 2.22. The number of ether oxygens (including phenoxy) is 1. The van der Waals surface area contributed by atoms with Crippen LogP contribution in [0.3, 0.4) is 0 Å². The zero-order chi connectivity index (χ0) is 17.8. The highest BCUT2D eigenvalue weighted by molar-refractivity contribution is 5.83.